The lowest BCUT2D eigenvalue weighted by Crippen LogP contribution is -2.15. The lowest BCUT2D eigenvalue weighted by atomic mass is 10.2. The normalized spacial score (nSPS) is 10.4. The Morgan fingerprint density at radius 1 is 0.950 bits per heavy atom. The standard InChI is InChI=1S/C13H6F4INO/c14-8-5-9(15)11(17)12(10(8)16)19-13(20)6-1-3-7(18)4-2-6/h1-5H,(H,19,20). The summed E-state index contributed by atoms with van der Waals surface area (Å²) in [6, 6.07) is 6.12. The molecule has 2 aromatic rings. The zero-order valence-corrected chi connectivity index (χ0v) is 11.8. The highest BCUT2D eigenvalue weighted by molar-refractivity contribution is 14.1. The molecule has 0 aliphatic carbocycles. The van der Waals surface area contributed by atoms with Gasteiger partial charge in [0.25, 0.3) is 5.91 Å². The molecule has 0 aliphatic rings. The molecular weight excluding hydrogens is 389 g/mol. The lowest BCUT2D eigenvalue weighted by molar-refractivity contribution is 0.102. The Labute approximate surface area is 124 Å². The third kappa shape index (κ3) is 2.92. The van der Waals surface area contributed by atoms with Gasteiger partial charge in [-0.3, -0.25) is 4.79 Å². The number of carbonyl (C=O) groups is 1. The minimum absolute atomic E-state index is 0.0746. The highest BCUT2D eigenvalue weighted by Gasteiger charge is 2.21. The highest BCUT2D eigenvalue weighted by Crippen LogP contribution is 2.24. The monoisotopic (exact) mass is 395 g/mol. The average molecular weight is 395 g/mol. The molecule has 0 bridgehead atoms. The van der Waals surface area contributed by atoms with Crippen LogP contribution in [-0.4, -0.2) is 5.91 Å². The van der Waals surface area contributed by atoms with Crippen LogP contribution in [0, 0.1) is 26.8 Å². The number of carbonyl (C=O) groups excluding carboxylic acids is 1. The maximum Gasteiger partial charge on any atom is 0.255 e. The van der Waals surface area contributed by atoms with Gasteiger partial charge in [-0.1, -0.05) is 0 Å². The van der Waals surface area contributed by atoms with Crippen molar-refractivity contribution < 1.29 is 22.4 Å². The largest absolute Gasteiger partial charge is 0.317 e. The second kappa shape index (κ2) is 5.78. The number of amides is 1. The van der Waals surface area contributed by atoms with Crippen LogP contribution in [0.4, 0.5) is 23.2 Å². The van der Waals surface area contributed by atoms with E-state index >= 15 is 0 Å². The number of hydrogen-bond acceptors (Lipinski definition) is 1. The summed E-state index contributed by atoms with van der Waals surface area (Å²) in [6.07, 6.45) is 0. The molecule has 0 aromatic heterocycles. The van der Waals surface area contributed by atoms with Crippen molar-refractivity contribution in [3.05, 3.63) is 62.7 Å². The number of nitrogens with one attached hydrogen (secondary N) is 1. The van der Waals surface area contributed by atoms with Crippen molar-refractivity contribution in [1.82, 2.24) is 0 Å². The first-order valence-electron chi connectivity index (χ1n) is 5.30. The second-order valence-electron chi connectivity index (χ2n) is 3.80. The molecular formula is C13H6F4INO. The zero-order valence-electron chi connectivity index (χ0n) is 9.68. The average Bonchev–Trinajstić information content (AvgIpc) is 2.42. The van der Waals surface area contributed by atoms with E-state index in [0.29, 0.717) is 0 Å². The van der Waals surface area contributed by atoms with Gasteiger partial charge in [0.1, 0.15) is 5.69 Å². The first kappa shape index (κ1) is 14.8. The maximum atomic E-state index is 13.4. The van der Waals surface area contributed by atoms with Crippen molar-refractivity contribution in [2.45, 2.75) is 0 Å². The Bertz CT molecular complexity index is 647. The Hall–Kier alpha value is -1.64. The number of halogens is 5. The van der Waals surface area contributed by atoms with E-state index in [0.717, 1.165) is 3.57 Å². The number of anilines is 1. The van der Waals surface area contributed by atoms with Gasteiger partial charge in [0.2, 0.25) is 0 Å². The summed E-state index contributed by atoms with van der Waals surface area (Å²) in [5, 5.41) is 1.82. The molecule has 0 fully saturated rings. The fraction of sp³-hybridized carbons (Fsp3) is 0. The summed E-state index contributed by atoms with van der Waals surface area (Å²) in [5.41, 5.74) is -1.04. The van der Waals surface area contributed by atoms with E-state index in [4.69, 9.17) is 0 Å². The molecule has 1 N–H and O–H groups in total. The maximum absolute atomic E-state index is 13.4. The van der Waals surface area contributed by atoms with E-state index < -0.39 is 34.9 Å². The van der Waals surface area contributed by atoms with Crippen molar-refractivity contribution in [3.63, 3.8) is 0 Å². The first-order valence-corrected chi connectivity index (χ1v) is 6.38. The summed E-state index contributed by atoms with van der Waals surface area (Å²) in [5.74, 6) is -7.33. The van der Waals surface area contributed by atoms with Crippen LogP contribution in [0.2, 0.25) is 0 Å². The van der Waals surface area contributed by atoms with E-state index in [2.05, 4.69) is 0 Å². The van der Waals surface area contributed by atoms with Gasteiger partial charge in [-0.2, -0.15) is 0 Å². The van der Waals surface area contributed by atoms with Gasteiger partial charge in [-0.25, -0.2) is 17.6 Å². The van der Waals surface area contributed by atoms with Gasteiger partial charge in [0, 0.05) is 15.2 Å². The van der Waals surface area contributed by atoms with E-state index in [1.807, 2.05) is 27.9 Å². The molecule has 0 spiro atoms. The van der Waals surface area contributed by atoms with Crippen LogP contribution in [0.3, 0.4) is 0 Å². The molecule has 0 saturated carbocycles. The molecule has 0 atom stereocenters. The van der Waals surface area contributed by atoms with Crippen LogP contribution in [0.15, 0.2) is 30.3 Å². The minimum atomic E-state index is -1.65. The fourth-order valence-electron chi connectivity index (χ4n) is 1.47. The predicted molar refractivity (Wildman–Crippen MR) is 73.4 cm³/mol. The molecule has 2 nitrogen and oxygen atoms in total. The topological polar surface area (TPSA) is 29.1 Å². The third-order valence-corrected chi connectivity index (χ3v) is 3.18. The number of hydrogen-bond donors (Lipinski definition) is 1. The summed E-state index contributed by atoms with van der Waals surface area (Å²) in [7, 11) is 0. The smallest absolute Gasteiger partial charge is 0.255 e. The summed E-state index contributed by atoms with van der Waals surface area (Å²) < 4.78 is 53.6. The number of benzene rings is 2. The molecule has 0 heterocycles. The van der Waals surface area contributed by atoms with Crippen molar-refractivity contribution in [3.8, 4) is 0 Å². The molecule has 0 aliphatic heterocycles. The van der Waals surface area contributed by atoms with Gasteiger partial charge in [-0.15, -0.1) is 0 Å². The van der Waals surface area contributed by atoms with Crippen LogP contribution in [0.5, 0.6) is 0 Å². The fourth-order valence-corrected chi connectivity index (χ4v) is 1.83. The van der Waals surface area contributed by atoms with Gasteiger partial charge < -0.3 is 5.32 Å². The van der Waals surface area contributed by atoms with E-state index in [9.17, 15) is 22.4 Å². The Morgan fingerprint density at radius 3 is 1.95 bits per heavy atom. The van der Waals surface area contributed by atoms with Gasteiger partial charge in [0.15, 0.2) is 23.3 Å². The summed E-state index contributed by atoms with van der Waals surface area (Å²) in [6.45, 7) is 0. The van der Waals surface area contributed by atoms with E-state index in [1.54, 1.807) is 12.1 Å². The predicted octanol–water partition coefficient (Wildman–Crippen LogP) is 4.10. The van der Waals surface area contributed by atoms with Crippen molar-refractivity contribution >= 4 is 34.2 Å². The van der Waals surface area contributed by atoms with Gasteiger partial charge in [0.05, 0.1) is 0 Å². The van der Waals surface area contributed by atoms with E-state index in [-0.39, 0.29) is 11.6 Å². The SMILES string of the molecule is O=C(Nc1c(F)c(F)cc(F)c1F)c1ccc(I)cc1. The highest BCUT2D eigenvalue weighted by atomic mass is 127. The quantitative estimate of drug-likeness (QED) is 0.463. The molecule has 2 aromatic carbocycles. The van der Waals surface area contributed by atoms with Crippen molar-refractivity contribution in [2.24, 2.45) is 0 Å². The summed E-state index contributed by atoms with van der Waals surface area (Å²) >= 11 is 2.01. The molecule has 2 rings (SSSR count). The van der Waals surface area contributed by atoms with Crippen LogP contribution in [0.25, 0.3) is 0 Å². The van der Waals surface area contributed by atoms with Crippen molar-refractivity contribution in [1.29, 1.82) is 0 Å². The molecule has 0 saturated heterocycles. The molecule has 104 valence electrons. The van der Waals surface area contributed by atoms with Crippen LogP contribution in [0.1, 0.15) is 10.4 Å². The molecule has 7 heteroatoms. The van der Waals surface area contributed by atoms with Crippen LogP contribution in [-0.2, 0) is 0 Å². The molecule has 20 heavy (non-hydrogen) atoms. The Balaban J connectivity index is 2.35. The second-order valence-corrected chi connectivity index (χ2v) is 5.05. The lowest BCUT2D eigenvalue weighted by Gasteiger charge is -2.09. The number of rotatable bonds is 2. The van der Waals surface area contributed by atoms with Crippen LogP contribution < -0.4 is 5.32 Å². The zero-order chi connectivity index (χ0) is 14.9. The molecule has 0 radical (unpaired) electrons. The van der Waals surface area contributed by atoms with Crippen molar-refractivity contribution in [2.75, 3.05) is 5.32 Å². The molecule has 0 unspecified atom stereocenters. The van der Waals surface area contributed by atoms with Gasteiger partial charge in [-0.05, 0) is 46.9 Å². The molecule has 1 amide bonds. The Kier molecular flexibility index (Phi) is 4.26. The van der Waals surface area contributed by atoms with Gasteiger partial charge >= 0.3 is 0 Å². The Morgan fingerprint density at radius 2 is 1.45 bits per heavy atom. The van der Waals surface area contributed by atoms with E-state index in [1.165, 1.54) is 12.1 Å². The van der Waals surface area contributed by atoms with Crippen LogP contribution >= 0.6 is 22.6 Å². The minimum Gasteiger partial charge on any atom is -0.317 e. The first-order chi connectivity index (χ1) is 9.40. The third-order valence-electron chi connectivity index (χ3n) is 2.46. The summed E-state index contributed by atoms with van der Waals surface area (Å²) in [4.78, 5) is 11.8.